The number of methoxy groups -OCH3 is 1. The molecule has 1 unspecified atom stereocenters. The maximum absolute atomic E-state index is 12.6. The zero-order chi connectivity index (χ0) is 28.6. The molecule has 3 N–H and O–H groups in total. The Labute approximate surface area is 237 Å². The molecule has 0 amide bonds. The van der Waals surface area contributed by atoms with Crippen molar-refractivity contribution < 1.29 is 14.6 Å². The van der Waals surface area contributed by atoms with Gasteiger partial charge in [0.2, 0.25) is 5.88 Å². The SMILES string of the molecule is CCN(c1cc(-c2ccc(OCCOC)nc2)cc(C(O)NCc2c(C)cc(C)[nH]c2=O)c1C)C1CCCCC1. The van der Waals surface area contributed by atoms with Crippen LogP contribution in [0.4, 0.5) is 5.69 Å². The highest BCUT2D eigenvalue weighted by Gasteiger charge is 2.25. The van der Waals surface area contributed by atoms with Crippen molar-refractivity contribution in [2.24, 2.45) is 0 Å². The standard InChI is InChI=1S/C32H44N4O4/c1-6-36(26-10-8-7-9-11-26)29-18-25(24-12-13-30(33-19-24)40-15-14-39-5)17-27(23(29)4)31(37)34-20-28-21(2)16-22(3)35-32(28)38/h12-13,16-19,26,31,34,37H,6-11,14-15,20H2,1-5H3,(H,35,38). The quantitative estimate of drug-likeness (QED) is 0.208. The number of nitrogens with zero attached hydrogens (tertiary/aromatic N) is 2. The number of aromatic amines is 1. The van der Waals surface area contributed by atoms with Gasteiger partial charge in [0.15, 0.2) is 0 Å². The third kappa shape index (κ3) is 7.11. The summed E-state index contributed by atoms with van der Waals surface area (Å²) in [7, 11) is 1.64. The number of H-pyrrole nitrogens is 1. The number of aliphatic hydroxyl groups is 1. The third-order valence-electron chi connectivity index (χ3n) is 7.95. The van der Waals surface area contributed by atoms with Gasteiger partial charge in [-0.2, -0.15) is 0 Å². The lowest BCUT2D eigenvalue weighted by molar-refractivity contribution is 0.136. The Hall–Kier alpha value is -3.20. The van der Waals surface area contributed by atoms with Crippen LogP contribution in [0.25, 0.3) is 11.1 Å². The fourth-order valence-corrected chi connectivity index (χ4v) is 5.76. The number of anilines is 1. The lowest BCUT2D eigenvalue weighted by Crippen LogP contribution is -2.37. The van der Waals surface area contributed by atoms with E-state index >= 15 is 0 Å². The molecule has 8 nitrogen and oxygen atoms in total. The van der Waals surface area contributed by atoms with E-state index in [-0.39, 0.29) is 12.1 Å². The molecule has 0 radical (unpaired) electrons. The number of aryl methyl sites for hydroxylation is 2. The predicted molar refractivity (Wildman–Crippen MR) is 160 cm³/mol. The van der Waals surface area contributed by atoms with Gasteiger partial charge in [0.05, 0.1) is 6.61 Å². The van der Waals surface area contributed by atoms with Gasteiger partial charge in [0.1, 0.15) is 12.8 Å². The fraction of sp³-hybridized carbons (Fsp3) is 0.500. The molecule has 0 saturated heterocycles. The van der Waals surface area contributed by atoms with Gasteiger partial charge in [-0.25, -0.2) is 4.98 Å². The van der Waals surface area contributed by atoms with Crippen LogP contribution in [0.3, 0.4) is 0 Å². The fourth-order valence-electron chi connectivity index (χ4n) is 5.76. The summed E-state index contributed by atoms with van der Waals surface area (Å²) >= 11 is 0. The first-order valence-electron chi connectivity index (χ1n) is 14.4. The number of benzene rings is 1. The zero-order valence-corrected chi connectivity index (χ0v) is 24.5. The molecular formula is C32H44N4O4. The van der Waals surface area contributed by atoms with E-state index in [4.69, 9.17) is 9.47 Å². The summed E-state index contributed by atoms with van der Waals surface area (Å²) in [6, 6.07) is 10.5. The van der Waals surface area contributed by atoms with E-state index in [1.165, 1.54) is 32.1 Å². The van der Waals surface area contributed by atoms with E-state index in [9.17, 15) is 9.90 Å². The smallest absolute Gasteiger partial charge is 0.252 e. The monoisotopic (exact) mass is 548 g/mol. The van der Waals surface area contributed by atoms with Gasteiger partial charge in [0, 0.05) is 66.6 Å². The molecule has 3 aromatic rings. The molecule has 216 valence electrons. The summed E-state index contributed by atoms with van der Waals surface area (Å²) in [5, 5.41) is 14.6. The number of ether oxygens (including phenoxy) is 2. The van der Waals surface area contributed by atoms with Crippen molar-refractivity contribution in [3.05, 3.63) is 74.8 Å². The molecule has 0 aliphatic heterocycles. The Kier molecular flexibility index (Phi) is 10.4. The second-order valence-corrected chi connectivity index (χ2v) is 10.7. The molecule has 1 saturated carbocycles. The van der Waals surface area contributed by atoms with Gasteiger partial charge in [-0.3, -0.25) is 10.1 Å². The van der Waals surface area contributed by atoms with Crippen LogP contribution in [0.1, 0.15) is 73.2 Å². The van der Waals surface area contributed by atoms with Gasteiger partial charge in [0.25, 0.3) is 5.56 Å². The van der Waals surface area contributed by atoms with Crippen LogP contribution in [0.2, 0.25) is 0 Å². The van der Waals surface area contributed by atoms with E-state index < -0.39 is 6.23 Å². The van der Waals surface area contributed by atoms with Crippen LogP contribution < -0.4 is 20.5 Å². The highest BCUT2D eigenvalue weighted by Crippen LogP contribution is 2.36. The van der Waals surface area contributed by atoms with Gasteiger partial charge < -0.3 is 24.5 Å². The molecule has 1 aliphatic carbocycles. The number of aliphatic hydroxyl groups excluding tert-OH is 1. The summed E-state index contributed by atoms with van der Waals surface area (Å²) in [6.07, 6.45) is 7.01. The van der Waals surface area contributed by atoms with Crippen molar-refractivity contribution in [1.29, 1.82) is 0 Å². The molecule has 1 fully saturated rings. The van der Waals surface area contributed by atoms with Crippen molar-refractivity contribution >= 4 is 5.69 Å². The van der Waals surface area contributed by atoms with Crippen molar-refractivity contribution in [2.45, 2.75) is 78.6 Å². The number of pyridine rings is 2. The Balaban J connectivity index is 1.68. The predicted octanol–water partition coefficient (Wildman–Crippen LogP) is 5.33. The minimum absolute atomic E-state index is 0.128. The van der Waals surface area contributed by atoms with Gasteiger partial charge >= 0.3 is 0 Å². The minimum Gasteiger partial charge on any atom is -0.475 e. The lowest BCUT2D eigenvalue weighted by atomic mass is 9.91. The maximum atomic E-state index is 12.6. The van der Waals surface area contributed by atoms with Crippen LogP contribution in [0.15, 0.2) is 41.3 Å². The third-order valence-corrected chi connectivity index (χ3v) is 7.95. The lowest BCUT2D eigenvalue weighted by Gasteiger charge is -2.37. The average Bonchev–Trinajstić information content (AvgIpc) is 2.95. The summed E-state index contributed by atoms with van der Waals surface area (Å²) in [5.41, 5.74) is 7.12. The first-order chi connectivity index (χ1) is 19.3. The highest BCUT2D eigenvalue weighted by molar-refractivity contribution is 5.72. The second kappa shape index (κ2) is 13.9. The Bertz CT molecular complexity index is 1320. The van der Waals surface area contributed by atoms with Crippen LogP contribution in [-0.2, 0) is 11.3 Å². The summed E-state index contributed by atoms with van der Waals surface area (Å²) in [4.78, 5) is 22.4. The molecular weight excluding hydrogens is 504 g/mol. The molecule has 0 spiro atoms. The van der Waals surface area contributed by atoms with Crippen LogP contribution >= 0.6 is 0 Å². The Morgan fingerprint density at radius 2 is 1.88 bits per heavy atom. The first kappa shape index (κ1) is 29.8. The molecule has 0 bridgehead atoms. The van der Waals surface area contributed by atoms with E-state index in [1.807, 2.05) is 44.3 Å². The number of aromatic nitrogens is 2. The van der Waals surface area contributed by atoms with Gasteiger partial charge in [-0.15, -0.1) is 0 Å². The number of hydrogen-bond donors (Lipinski definition) is 3. The van der Waals surface area contributed by atoms with E-state index in [1.54, 1.807) is 7.11 Å². The molecule has 40 heavy (non-hydrogen) atoms. The Morgan fingerprint density at radius 1 is 1.10 bits per heavy atom. The van der Waals surface area contributed by atoms with E-state index in [0.717, 1.165) is 45.7 Å². The molecule has 1 aliphatic rings. The van der Waals surface area contributed by atoms with Crippen molar-refractivity contribution in [3.63, 3.8) is 0 Å². The number of hydrogen-bond acceptors (Lipinski definition) is 7. The summed E-state index contributed by atoms with van der Waals surface area (Å²) in [6.45, 7) is 10.2. The topological polar surface area (TPSA) is 99.7 Å². The first-order valence-corrected chi connectivity index (χ1v) is 14.4. The molecule has 2 heterocycles. The van der Waals surface area contributed by atoms with E-state index in [2.05, 4.69) is 40.1 Å². The molecule has 2 aromatic heterocycles. The molecule has 1 atom stereocenters. The van der Waals surface area contributed by atoms with Crippen molar-refractivity contribution in [2.75, 3.05) is 31.8 Å². The van der Waals surface area contributed by atoms with Crippen molar-refractivity contribution in [1.82, 2.24) is 15.3 Å². The second-order valence-electron chi connectivity index (χ2n) is 10.7. The van der Waals surface area contributed by atoms with Crippen molar-refractivity contribution in [3.8, 4) is 17.0 Å². The van der Waals surface area contributed by atoms with Gasteiger partial charge in [-0.05, 0) is 81.5 Å². The highest BCUT2D eigenvalue weighted by atomic mass is 16.5. The molecule has 1 aromatic carbocycles. The van der Waals surface area contributed by atoms with Crippen LogP contribution in [-0.4, -0.2) is 48.0 Å². The Morgan fingerprint density at radius 3 is 2.52 bits per heavy atom. The summed E-state index contributed by atoms with van der Waals surface area (Å²) < 4.78 is 10.7. The average molecular weight is 549 g/mol. The molecule has 8 heteroatoms. The van der Waals surface area contributed by atoms with E-state index in [0.29, 0.717) is 30.7 Å². The maximum Gasteiger partial charge on any atom is 0.252 e. The van der Waals surface area contributed by atoms with Crippen LogP contribution in [0.5, 0.6) is 5.88 Å². The number of rotatable bonds is 12. The normalized spacial score (nSPS) is 14.8. The van der Waals surface area contributed by atoms with Gasteiger partial charge in [-0.1, -0.05) is 19.3 Å². The zero-order valence-electron chi connectivity index (χ0n) is 24.5. The number of nitrogens with one attached hydrogen (secondary N) is 2. The molecule has 4 rings (SSSR count). The van der Waals surface area contributed by atoms with Crippen LogP contribution in [0, 0.1) is 20.8 Å². The largest absolute Gasteiger partial charge is 0.475 e. The minimum atomic E-state index is -0.950. The summed E-state index contributed by atoms with van der Waals surface area (Å²) in [5.74, 6) is 0.547.